The Morgan fingerprint density at radius 2 is 1.64 bits per heavy atom. The molecule has 1 aliphatic carbocycles. The summed E-state index contributed by atoms with van der Waals surface area (Å²) in [6, 6.07) is 13.4. The third-order valence-corrected chi connectivity index (χ3v) is 7.96. The molecule has 8 nitrogen and oxygen atoms in total. The highest BCUT2D eigenvalue weighted by Crippen LogP contribution is 2.22. The van der Waals surface area contributed by atoms with Crippen molar-refractivity contribution in [3.05, 3.63) is 59.1 Å². The van der Waals surface area contributed by atoms with E-state index >= 15 is 0 Å². The molecule has 4 rings (SSSR count). The maximum absolute atomic E-state index is 12.8. The molecule has 0 spiro atoms. The molecule has 10 heteroatoms. The Balaban J connectivity index is 1.26. The summed E-state index contributed by atoms with van der Waals surface area (Å²) in [5.41, 5.74) is 0.957. The van der Waals surface area contributed by atoms with Gasteiger partial charge in [0.1, 0.15) is 0 Å². The molecular formula is C23H27ClN4O4S. The first-order chi connectivity index (χ1) is 15.8. The van der Waals surface area contributed by atoms with Crippen molar-refractivity contribution in [1.29, 1.82) is 0 Å². The molecule has 0 radical (unpaired) electrons. The second-order valence-electron chi connectivity index (χ2n) is 8.29. The van der Waals surface area contributed by atoms with Crippen LogP contribution in [-0.4, -0.2) is 68.2 Å². The number of halogens is 1. The normalized spacial score (nSPS) is 17.5. The number of anilines is 1. The standard InChI is InChI=1S/C23H27ClN4O4S/c24-17-5-9-19(10-6-17)33(31,32)28-15-13-27(14-16-28)12-11-22(29)26-21-4-2-1-3-20(21)23(30)25-18-7-8-18/h1-6,9-10,18H,7-8,11-16H2,(H,25,30)(H,26,29). The number of nitrogens with zero attached hydrogens (tertiary/aromatic N) is 2. The Morgan fingerprint density at radius 1 is 0.970 bits per heavy atom. The lowest BCUT2D eigenvalue weighted by Gasteiger charge is -2.33. The Morgan fingerprint density at radius 3 is 2.30 bits per heavy atom. The summed E-state index contributed by atoms with van der Waals surface area (Å²) in [7, 11) is -3.56. The number of carbonyl (C=O) groups excluding carboxylic acids is 2. The number of nitrogens with one attached hydrogen (secondary N) is 2. The first-order valence-electron chi connectivity index (χ1n) is 11.0. The Hall–Kier alpha value is -2.46. The van der Waals surface area contributed by atoms with Gasteiger partial charge in [-0.15, -0.1) is 0 Å². The summed E-state index contributed by atoms with van der Waals surface area (Å²) in [6.07, 6.45) is 2.24. The van der Waals surface area contributed by atoms with Gasteiger partial charge in [-0.25, -0.2) is 8.42 Å². The Kier molecular flexibility index (Phi) is 7.33. The molecule has 1 saturated carbocycles. The lowest BCUT2D eigenvalue weighted by molar-refractivity contribution is -0.116. The predicted octanol–water partition coefficient (Wildman–Crippen LogP) is 2.57. The highest BCUT2D eigenvalue weighted by Gasteiger charge is 2.29. The van der Waals surface area contributed by atoms with Gasteiger partial charge in [0.05, 0.1) is 16.1 Å². The minimum Gasteiger partial charge on any atom is -0.349 e. The van der Waals surface area contributed by atoms with E-state index in [-0.39, 0.29) is 29.2 Å². The first-order valence-corrected chi connectivity index (χ1v) is 12.8. The van der Waals surface area contributed by atoms with Gasteiger partial charge >= 0.3 is 0 Å². The predicted molar refractivity (Wildman–Crippen MR) is 127 cm³/mol. The number of benzene rings is 2. The van der Waals surface area contributed by atoms with E-state index in [0.29, 0.717) is 49.0 Å². The summed E-state index contributed by atoms with van der Waals surface area (Å²) in [5.74, 6) is -0.357. The van der Waals surface area contributed by atoms with Gasteiger partial charge in [-0.05, 0) is 49.2 Å². The van der Waals surface area contributed by atoms with Crippen LogP contribution in [0.2, 0.25) is 5.02 Å². The van der Waals surface area contributed by atoms with Crippen LogP contribution < -0.4 is 10.6 Å². The van der Waals surface area contributed by atoms with Gasteiger partial charge in [-0.2, -0.15) is 4.31 Å². The maximum atomic E-state index is 12.8. The molecule has 2 amide bonds. The molecule has 0 aromatic heterocycles. The number of hydrogen-bond donors (Lipinski definition) is 2. The Bertz CT molecular complexity index is 1110. The van der Waals surface area contributed by atoms with E-state index in [9.17, 15) is 18.0 Å². The average Bonchev–Trinajstić information content (AvgIpc) is 3.62. The molecule has 1 saturated heterocycles. The van der Waals surface area contributed by atoms with Crippen LogP contribution in [0.5, 0.6) is 0 Å². The minimum atomic E-state index is -3.56. The van der Waals surface area contributed by atoms with Crippen LogP contribution in [0, 0.1) is 0 Å². The fraction of sp³-hybridized carbons (Fsp3) is 0.391. The monoisotopic (exact) mass is 490 g/mol. The molecule has 0 bridgehead atoms. The van der Waals surface area contributed by atoms with Gasteiger partial charge in [0.2, 0.25) is 15.9 Å². The van der Waals surface area contributed by atoms with Crippen LogP contribution in [-0.2, 0) is 14.8 Å². The fourth-order valence-corrected chi connectivity index (χ4v) is 5.25. The lowest BCUT2D eigenvalue weighted by Crippen LogP contribution is -2.49. The van der Waals surface area contributed by atoms with Gasteiger partial charge in [-0.3, -0.25) is 9.59 Å². The van der Waals surface area contributed by atoms with Gasteiger partial charge in [-0.1, -0.05) is 23.7 Å². The van der Waals surface area contributed by atoms with Crippen LogP contribution in [0.3, 0.4) is 0 Å². The largest absolute Gasteiger partial charge is 0.349 e. The quantitative estimate of drug-likeness (QED) is 0.592. The van der Waals surface area contributed by atoms with Gasteiger partial charge in [0.15, 0.2) is 0 Å². The number of carbonyl (C=O) groups is 2. The van der Waals surface area contributed by atoms with Crippen molar-refractivity contribution in [3.8, 4) is 0 Å². The number of rotatable bonds is 8. The van der Waals surface area contributed by atoms with Crippen molar-refractivity contribution in [2.24, 2.45) is 0 Å². The average molecular weight is 491 g/mol. The van der Waals surface area contributed by atoms with E-state index in [0.717, 1.165) is 12.8 Å². The molecule has 33 heavy (non-hydrogen) atoms. The zero-order valence-corrected chi connectivity index (χ0v) is 19.7. The molecule has 0 unspecified atom stereocenters. The molecule has 2 fully saturated rings. The summed E-state index contributed by atoms with van der Waals surface area (Å²) in [5, 5.41) is 6.27. The zero-order valence-electron chi connectivity index (χ0n) is 18.2. The molecule has 2 aromatic carbocycles. The van der Waals surface area contributed by atoms with Gasteiger partial charge in [0.25, 0.3) is 5.91 Å². The van der Waals surface area contributed by atoms with Crippen molar-refractivity contribution in [3.63, 3.8) is 0 Å². The van der Waals surface area contributed by atoms with Crippen molar-refractivity contribution in [2.75, 3.05) is 38.0 Å². The fourth-order valence-electron chi connectivity index (χ4n) is 3.70. The van der Waals surface area contributed by atoms with Crippen LogP contribution >= 0.6 is 11.6 Å². The van der Waals surface area contributed by atoms with Crippen molar-refractivity contribution in [1.82, 2.24) is 14.5 Å². The molecule has 176 valence electrons. The molecule has 2 aliphatic rings. The van der Waals surface area contributed by atoms with Crippen LogP contribution in [0.25, 0.3) is 0 Å². The second-order valence-corrected chi connectivity index (χ2v) is 10.7. The number of para-hydroxylation sites is 1. The van der Waals surface area contributed by atoms with Crippen molar-refractivity contribution >= 4 is 39.1 Å². The third-order valence-electron chi connectivity index (χ3n) is 5.80. The zero-order chi connectivity index (χ0) is 23.4. The SMILES string of the molecule is O=C(CCN1CCN(S(=O)(=O)c2ccc(Cl)cc2)CC1)Nc1ccccc1C(=O)NC1CC1. The smallest absolute Gasteiger partial charge is 0.253 e. The summed E-state index contributed by atoms with van der Waals surface area (Å²) in [6.45, 7) is 2.31. The summed E-state index contributed by atoms with van der Waals surface area (Å²) in [4.78, 5) is 27.2. The summed E-state index contributed by atoms with van der Waals surface area (Å²) >= 11 is 5.86. The van der Waals surface area contributed by atoms with E-state index in [1.165, 1.54) is 16.4 Å². The number of amides is 2. The number of piperazine rings is 1. The van der Waals surface area contributed by atoms with E-state index in [2.05, 4.69) is 15.5 Å². The maximum Gasteiger partial charge on any atom is 0.253 e. The molecular weight excluding hydrogens is 464 g/mol. The van der Waals surface area contributed by atoms with Crippen molar-refractivity contribution in [2.45, 2.75) is 30.2 Å². The van der Waals surface area contributed by atoms with E-state index in [1.54, 1.807) is 36.4 Å². The third kappa shape index (κ3) is 6.11. The number of sulfonamides is 1. The van der Waals surface area contributed by atoms with Crippen LogP contribution in [0.1, 0.15) is 29.6 Å². The second kappa shape index (κ2) is 10.2. The van der Waals surface area contributed by atoms with Crippen molar-refractivity contribution < 1.29 is 18.0 Å². The molecule has 0 atom stereocenters. The Labute approximate surface area is 198 Å². The molecule has 2 aromatic rings. The van der Waals surface area contributed by atoms with Crippen LogP contribution in [0.4, 0.5) is 5.69 Å². The topological polar surface area (TPSA) is 98.8 Å². The van der Waals surface area contributed by atoms with E-state index in [4.69, 9.17) is 11.6 Å². The molecule has 1 heterocycles. The summed E-state index contributed by atoms with van der Waals surface area (Å²) < 4.78 is 27.1. The lowest BCUT2D eigenvalue weighted by atomic mass is 10.1. The minimum absolute atomic E-state index is 0.175. The molecule has 1 aliphatic heterocycles. The molecule has 2 N–H and O–H groups in total. The van der Waals surface area contributed by atoms with E-state index in [1.807, 2.05) is 0 Å². The highest BCUT2D eigenvalue weighted by molar-refractivity contribution is 7.89. The highest BCUT2D eigenvalue weighted by atomic mass is 35.5. The number of hydrogen-bond acceptors (Lipinski definition) is 5. The van der Waals surface area contributed by atoms with Gasteiger partial charge < -0.3 is 15.5 Å². The van der Waals surface area contributed by atoms with Crippen LogP contribution in [0.15, 0.2) is 53.4 Å². The van der Waals surface area contributed by atoms with E-state index < -0.39 is 10.0 Å². The first kappa shape index (κ1) is 23.7. The van der Waals surface area contributed by atoms with Gasteiger partial charge in [0, 0.05) is 50.2 Å².